The zero-order valence-electron chi connectivity index (χ0n) is 15.5. The summed E-state index contributed by atoms with van der Waals surface area (Å²) in [5.41, 5.74) is 2.60. The molecule has 8 heteroatoms. The van der Waals surface area contributed by atoms with Crippen LogP contribution in [0.3, 0.4) is 0 Å². The molecule has 0 amide bonds. The van der Waals surface area contributed by atoms with E-state index in [1.165, 1.54) is 16.8 Å². The first kappa shape index (κ1) is 18.4. The van der Waals surface area contributed by atoms with Crippen LogP contribution in [-0.4, -0.2) is 33.8 Å². The number of ether oxygens (including phenoxy) is 2. The summed E-state index contributed by atoms with van der Waals surface area (Å²) in [7, 11) is 0. The summed E-state index contributed by atoms with van der Waals surface area (Å²) < 4.78 is 26.7. The van der Waals surface area contributed by atoms with Crippen LogP contribution in [0.2, 0.25) is 0 Å². The van der Waals surface area contributed by atoms with Crippen molar-refractivity contribution >= 4 is 18.4 Å². The molecule has 0 spiro atoms. The fourth-order valence-electron chi connectivity index (χ4n) is 3.14. The van der Waals surface area contributed by atoms with E-state index in [2.05, 4.69) is 15.3 Å². The van der Waals surface area contributed by atoms with E-state index in [1.54, 1.807) is 18.3 Å². The standard InChI is InChI=1S/C20H19FN4O2S/c1-3-26-17-9-14-8-12(2)27-18(14)10-15(17)11-22-25-19(23-24-20(25)28)13-4-6-16(21)7-5-13/h4-7,9-12H,3,8H2,1-2H3,(H,24,28)/b22-11-/t12-/m0/s1. The number of halogens is 1. The molecule has 0 saturated heterocycles. The van der Waals surface area contributed by atoms with Gasteiger partial charge in [0.15, 0.2) is 5.82 Å². The summed E-state index contributed by atoms with van der Waals surface area (Å²) in [4.78, 5) is 0. The molecule has 0 radical (unpaired) electrons. The van der Waals surface area contributed by atoms with Gasteiger partial charge in [0.1, 0.15) is 23.4 Å². The van der Waals surface area contributed by atoms with Crippen LogP contribution in [0.5, 0.6) is 11.5 Å². The quantitative estimate of drug-likeness (QED) is 0.513. The van der Waals surface area contributed by atoms with Crippen molar-refractivity contribution in [1.82, 2.24) is 14.9 Å². The fourth-order valence-corrected chi connectivity index (χ4v) is 3.32. The lowest BCUT2D eigenvalue weighted by molar-refractivity contribution is 0.254. The Morgan fingerprint density at radius 1 is 1.39 bits per heavy atom. The van der Waals surface area contributed by atoms with E-state index < -0.39 is 0 Å². The van der Waals surface area contributed by atoms with Gasteiger partial charge in [-0.15, -0.1) is 0 Å². The van der Waals surface area contributed by atoms with Crippen molar-refractivity contribution in [3.63, 3.8) is 0 Å². The second-order valence-corrected chi connectivity index (χ2v) is 6.87. The summed E-state index contributed by atoms with van der Waals surface area (Å²) in [6.07, 6.45) is 2.66. The van der Waals surface area contributed by atoms with Gasteiger partial charge in [0.05, 0.1) is 12.8 Å². The Bertz CT molecular complexity index is 1090. The van der Waals surface area contributed by atoms with Crippen LogP contribution < -0.4 is 9.47 Å². The van der Waals surface area contributed by atoms with E-state index in [9.17, 15) is 4.39 Å². The second-order valence-electron chi connectivity index (χ2n) is 6.48. The highest BCUT2D eigenvalue weighted by Gasteiger charge is 2.21. The smallest absolute Gasteiger partial charge is 0.216 e. The number of H-pyrrole nitrogens is 1. The first-order valence-corrected chi connectivity index (χ1v) is 9.40. The highest BCUT2D eigenvalue weighted by Crippen LogP contribution is 2.34. The Hall–Kier alpha value is -3.00. The molecule has 1 aliphatic heterocycles. The van der Waals surface area contributed by atoms with Crippen molar-refractivity contribution in [3.8, 4) is 22.9 Å². The van der Waals surface area contributed by atoms with Crippen molar-refractivity contribution < 1.29 is 13.9 Å². The maximum absolute atomic E-state index is 13.2. The fraction of sp³-hybridized carbons (Fsp3) is 0.250. The number of rotatable bonds is 5. The Labute approximate surface area is 166 Å². The third kappa shape index (κ3) is 3.55. The maximum atomic E-state index is 13.2. The number of aromatic nitrogens is 3. The second kappa shape index (κ2) is 7.55. The molecule has 6 nitrogen and oxygen atoms in total. The van der Waals surface area contributed by atoms with E-state index in [0.29, 0.717) is 22.8 Å². The molecule has 1 aliphatic rings. The zero-order valence-corrected chi connectivity index (χ0v) is 16.3. The lowest BCUT2D eigenvalue weighted by Gasteiger charge is -2.09. The topological polar surface area (TPSA) is 64.4 Å². The van der Waals surface area contributed by atoms with Crippen molar-refractivity contribution in [2.45, 2.75) is 26.4 Å². The predicted octanol–water partition coefficient (Wildman–Crippen LogP) is 4.35. The molecule has 0 unspecified atom stereocenters. The molecule has 3 aromatic rings. The van der Waals surface area contributed by atoms with Gasteiger partial charge in [-0.1, -0.05) is 0 Å². The molecule has 1 aromatic heterocycles. The number of fused-ring (bicyclic) bond motifs is 1. The van der Waals surface area contributed by atoms with E-state index in [0.717, 1.165) is 29.0 Å². The third-order valence-corrected chi connectivity index (χ3v) is 4.66. The van der Waals surface area contributed by atoms with Crippen LogP contribution in [-0.2, 0) is 6.42 Å². The van der Waals surface area contributed by atoms with E-state index in [1.807, 2.05) is 26.0 Å². The molecular formula is C20H19FN4O2S. The summed E-state index contributed by atoms with van der Waals surface area (Å²) in [5.74, 6) is 1.75. The van der Waals surface area contributed by atoms with Gasteiger partial charge in [0, 0.05) is 23.1 Å². The molecule has 0 fully saturated rings. The SMILES string of the molecule is CCOc1cc2c(cc1/C=N\n1c(-c3ccc(F)cc3)n[nH]c1=S)O[C@@H](C)C2. The monoisotopic (exact) mass is 398 g/mol. The van der Waals surface area contributed by atoms with Crippen molar-refractivity contribution in [2.75, 3.05) is 6.61 Å². The van der Waals surface area contributed by atoms with Gasteiger partial charge in [-0.05, 0) is 62.5 Å². The number of benzene rings is 2. The first-order chi connectivity index (χ1) is 13.5. The summed E-state index contributed by atoms with van der Waals surface area (Å²) in [5, 5.41) is 11.4. The van der Waals surface area contributed by atoms with Gasteiger partial charge < -0.3 is 9.47 Å². The van der Waals surface area contributed by atoms with E-state index >= 15 is 0 Å². The largest absolute Gasteiger partial charge is 0.493 e. The highest BCUT2D eigenvalue weighted by atomic mass is 32.1. The Morgan fingerprint density at radius 2 is 2.18 bits per heavy atom. The molecule has 1 atom stereocenters. The molecule has 0 saturated carbocycles. The number of hydrogen-bond donors (Lipinski definition) is 1. The van der Waals surface area contributed by atoms with Gasteiger partial charge in [0.25, 0.3) is 0 Å². The minimum Gasteiger partial charge on any atom is -0.493 e. The molecule has 2 aromatic carbocycles. The Kier molecular flexibility index (Phi) is 4.95. The normalized spacial score (nSPS) is 15.6. The molecule has 4 rings (SSSR count). The zero-order chi connectivity index (χ0) is 19.7. The Morgan fingerprint density at radius 3 is 2.93 bits per heavy atom. The van der Waals surface area contributed by atoms with Crippen molar-refractivity contribution in [3.05, 3.63) is 58.1 Å². The highest BCUT2D eigenvalue weighted by molar-refractivity contribution is 7.71. The van der Waals surface area contributed by atoms with Crippen LogP contribution in [0, 0.1) is 10.6 Å². The average Bonchev–Trinajstić information content (AvgIpc) is 3.22. The van der Waals surface area contributed by atoms with Crippen LogP contribution in [0.4, 0.5) is 4.39 Å². The lowest BCUT2D eigenvalue weighted by Crippen LogP contribution is -2.05. The van der Waals surface area contributed by atoms with Gasteiger partial charge in [-0.2, -0.15) is 14.9 Å². The van der Waals surface area contributed by atoms with Gasteiger partial charge >= 0.3 is 0 Å². The molecule has 28 heavy (non-hydrogen) atoms. The summed E-state index contributed by atoms with van der Waals surface area (Å²) in [6.45, 7) is 4.52. The molecular weight excluding hydrogens is 379 g/mol. The minimum absolute atomic E-state index is 0.143. The van der Waals surface area contributed by atoms with Crippen molar-refractivity contribution in [2.24, 2.45) is 5.10 Å². The van der Waals surface area contributed by atoms with Crippen LogP contribution >= 0.6 is 12.2 Å². The summed E-state index contributed by atoms with van der Waals surface area (Å²) >= 11 is 5.29. The third-order valence-electron chi connectivity index (χ3n) is 4.39. The van der Waals surface area contributed by atoms with Crippen LogP contribution in [0.1, 0.15) is 25.0 Å². The van der Waals surface area contributed by atoms with Gasteiger partial charge in [-0.25, -0.2) is 9.49 Å². The number of nitrogens with zero attached hydrogens (tertiary/aromatic N) is 3. The molecule has 0 bridgehead atoms. The molecule has 1 N–H and O–H groups in total. The summed E-state index contributed by atoms with van der Waals surface area (Å²) in [6, 6.07) is 9.92. The molecule has 0 aliphatic carbocycles. The van der Waals surface area contributed by atoms with Crippen LogP contribution in [0.25, 0.3) is 11.4 Å². The number of aromatic amines is 1. The predicted molar refractivity (Wildman–Crippen MR) is 107 cm³/mol. The van der Waals surface area contributed by atoms with E-state index in [-0.39, 0.29) is 11.9 Å². The van der Waals surface area contributed by atoms with Crippen molar-refractivity contribution in [1.29, 1.82) is 0 Å². The molecule has 144 valence electrons. The van der Waals surface area contributed by atoms with Crippen LogP contribution in [0.15, 0.2) is 41.5 Å². The van der Waals surface area contributed by atoms with Gasteiger partial charge in [-0.3, -0.25) is 0 Å². The Balaban J connectivity index is 1.72. The maximum Gasteiger partial charge on any atom is 0.216 e. The number of hydrogen-bond acceptors (Lipinski definition) is 5. The lowest BCUT2D eigenvalue weighted by atomic mass is 10.1. The minimum atomic E-state index is -0.318. The van der Waals surface area contributed by atoms with Gasteiger partial charge in [0.2, 0.25) is 4.77 Å². The average molecular weight is 398 g/mol. The van der Waals surface area contributed by atoms with E-state index in [4.69, 9.17) is 21.7 Å². The number of nitrogens with one attached hydrogen (secondary N) is 1. The first-order valence-electron chi connectivity index (χ1n) is 8.99. The molecule has 2 heterocycles.